The van der Waals surface area contributed by atoms with Crippen LogP contribution in [0.1, 0.15) is 12.5 Å². The molecule has 98 valence electrons. The summed E-state index contributed by atoms with van der Waals surface area (Å²) < 4.78 is 4.63. The highest BCUT2D eigenvalue weighted by Gasteiger charge is 2.14. The van der Waals surface area contributed by atoms with E-state index in [1.54, 1.807) is 6.92 Å². The van der Waals surface area contributed by atoms with Crippen LogP contribution in [-0.2, 0) is 20.9 Å². The molecule has 0 fully saturated rings. The first-order valence-electron chi connectivity index (χ1n) is 6.14. The van der Waals surface area contributed by atoms with Crippen LogP contribution in [0.5, 0.6) is 0 Å². The first-order valence-corrected chi connectivity index (χ1v) is 6.14. The fourth-order valence-electron chi connectivity index (χ4n) is 1.89. The van der Waals surface area contributed by atoms with Crippen LogP contribution < -0.4 is 5.32 Å². The van der Waals surface area contributed by atoms with Crippen molar-refractivity contribution < 1.29 is 14.3 Å². The van der Waals surface area contributed by atoms with Gasteiger partial charge < -0.3 is 10.1 Å². The van der Waals surface area contributed by atoms with Gasteiger partial charge in [0, 0.05) is 6.54 Å². The highest BCUT2D eigenvalue weighted by molar-refractivity contribution is 6.32. The molecular formula is C15H15NO3. The summed E-state index contributed by atoms with van der Waals surface area (Å²) in [6.07, 6.45) is 0. The van der Waals surface area contributed by atoms with Gasteiger partial charge in [-0.2, -0.15) is 0 Å². The average molecular weight is 257 g/mol. The Kier molecular flexibility index (Phi) is 4.13. The molecule has 0 aromatic heterocycles. The van der Waals surface area contributed by atoms with E-state index in [2.05, 4.69) is 10.1 Å². The summed E-state index contributed by atoms with van der Waals surface area (Å²) in [5.41, 5.74) is 0.968. The van der Waals surface area contributed by atoms with Crippen LogP contribution in [0.25, 0.3) is 10.8 Å². The minimum absolute atomic E-state index is 0.195. The van der Waals surface area contributed by atoms with Gasteiger partial charge in [-0.3, -0.25) is 4.79 Å². The molecule has 0 saturated heterocycles. The van der Waals surface area contributed by atoms with E-state index < -0.39 is 11.9 Å². The Labute approximate surface area is 111 Å². The molecular weight excluding hydrogens is 242 g/mol. The lowest BCUT2D eigenvalue weighted by Crippen LogP contribution is -2.32. The Morgan fingerprint density at radius 2 is 1.84 bits per heavy atom. The molecule has 2 aromatic rings. The second kappa shape index (κ2) is 6.00. The third kappa shape index (κ3) is 3.10. The standard InChI is InChI=1S/C15H15NO3/c1-2-19-15(18)14(17)16-10-12-8-5-7-11-6-3-4-9-13(11)12/h3-9H,2,10H2,1H3,(H,16,17). The Morgan fingerprint density at radius 1 is 1.11 bits per heavy atom. The molecule has 1 amide bonds. The van der Waals surface area contributed by atoms with Crippen molar-refractivity contribution in [2.24, 2.45) is 0 Å². The molecule has 0 radical (unpaired) electrons. The van der Waals surface area contributed by atoms with E-state index in [9.17, 15) is 9.59 Å². The molecule has 0 saturated carbocycles. The van der Waals surface area contributed by atoms with Gasteiger partial charge in [0.2, 0.25) is 0 Å². The normalized spacial score (nSPS) is 10.2. The topological polar surface area (TPSA) is 55.4 Å². The van der Waals surface area contributed by atoms with Crippen molar-refractivity contribution in [3.8, 4) is 0 Å². The molecule has 0 spiro atoms. The molecule has 4 nitrogen and oxygen atoms in total. The number of carbonyl (C=O) groups excluding carboxylic acids is 2. The monoisotopic (exact) mass is 257 g/mol. The predicted octanol–water partition coefficient (Wildman–Crippen LogP) is 2.02. The van der Waals surface area contributed by atoms with E-state index in [4.69, 9.17) is 0 Å². The van der Waals surface area contributed by atoms with Crippen LogP contribution in [-0.4, -0.2) is 18.5 Å². The minimum Gasteiger partial charge on any atom is -0.459 e. The lowest BCUT2D eigenvalue weighted by molar-refractivity contribution is -0.154. The number of hydrogen-bond acceptors (Lipinski definition) is 3. The van der Waals surface area contributed by atoms with E-state index in [1.807, 2.05) is 42.5 Å². The summed E-state index contributed by atoms with van der Waals surface area (Å²) in [6.45, 7) is 2.16. The SMILES string of the molecule is CCOC(=O)C(=O)NCc1cccc2ccccc12. The van der Waals surface area contributed by atoms with Crippen LogP contribution in [0.4, 0.5) is 0 Å². The molecule has 4 heteroatoms. The van der Waals surface area contributed by atoms with Gasteiger partial charge in [0.15, 0.2) is 0 Å². The summed E-state index contributed by atoms with van der Waals surface area (Å²) in [5, 5.41) is 4.73. The number of amides is 1. The second-order valence-corrected chi connectivity index (χ2v) is 4.04. The number of benzene rings is 2. The fourth-order valence-corrected chi connectivity index (χ4v) is 1.89. The summed E-state index contributed by atoms with van der Waals surface area (Å²) in [5.74, 6) is -1.56. The molecule has 0 unspecified atom stereocenters. The predicted molar refractivity (Wildman–Crippen MR) is 72.4 cm³/mol. The Balaban J connectivity index is 2.10. The van der Waals surface area contributed by atoms with Crippen LogP contribution >= 0.6 is 0 Å². The molecule has 1 N–H and O–H groups in total. The summed E-state index contributed by atoms with van der Waals surface area (Å²) in [6, 6.07) is 13.8. The molecule has 2 rings (SSSR count). The molecule has 2 aromatic carbocycles. The zero-order chi connectivity index (χ0) is 13.7. The van der Waals surface area contributed by atoms with Gasteiger partial charge >= 0.3 is 11.9 Å². The molecule has 0 aliphatic carbocycles. The smallest absolute Gasteiger partial charge is 0.396 e. The first kappa shape index (κ1) is 13.1. The maximum atomic E-state index is 11.5. The van der Waals surface area contributed by atoms with Crippen LogP contribution in [0.2, 0.25) is 0 Å². The number of carbonyl (C=O) groups is 2. The summed E-state index contributed by atoms with van der Waals surface area (Å²) in [7, 11) is 0. The summed E-state index contributed by atoms with van der Waals surface area (Å²) in [4.78, 5) is 22.7. The number of nitrogens with one attached hydrogen (secondary N) is 1. The highest BCUT2D eigenvalue weighted by Crippen LogP contribution is 2.18. The van der Waals surface area contributed by atoms with Crippen molar-refractivity contribution in [3.63, 3.8) is 0 Å². The van der Waals surface area contributed by atoms with Gasteiger partial charge in [-0.15, -0.1) is 0 Å². The van der Waals surface area contributed by atoms with Gasteiger partial charge in [-0.05, 0) is 23.3 Å². The molecule has 0 aliphatic rings. The van der Waals surface area contributed by atoms with Crippen molar-refractivity contribution in [1.82, 2.24) is 5.32 Å². The van der Waals surface area contributed by atoms with Crippen LogP contribution in [0, 0.1) is 0 Å². The van der Waals surface area contributed by atoms with Crippen molar-refractivity contribution >= 4 is 22.6 Å². The third-order valence-corrected chi connectivity index (χ3v) is 2.78. The average Bonchev–Trinajstić information content (AvgIpc) is 2.45. The molecule has 0 atom stereocenters. The Morgan fingerprint density at radius 3 is 2.63 bits per heavy atom. The van der Waals surface area contributed by atoms with Crippen LogP contribution in [0.3, 0.4) is 0 Å². The van der Waals surface area contributed by atoms with Crippen LogP contribution in [0.15, 0.2) is 42.5 Å². The number of esters is 1. The van der Waals surface area contributed by atoms with E-state index in [0.29, 0.717) is 6.54 Å². The number of rotatable bonds is 3. The maximum absolute atomic E-state index is 11.5. The van der Waals surface area contributed by atoms with Crippen molar-refractivity contribution in [3.05, 3.63) is 48.0 Å². The molecule has 0 bridgehead atoms. The lowest BCUT2D eigenvalue weighted by atomic mass is 10.0. The Hall–Kier alpha value is -2.36. The largest absolute Gasteiger partial charge is 0.459 e. The molecule has 0 aliphatic heterocycles. The number of ether oxygens (including phenoxy) is 1. The second-order valence-electron chi connectivity index (χ2n) is 4.04. The van der Waals surface area contributed by atoms with Gasteiger partial charge in [0.1, 0.15) is 0 Å². The van der Waals surface area contributed by atoms with Gasteiger partial charge in [-0.25, -0.2) is 4.79 Å². The summed E-state index contributed by atoms with van der Waals surface area (Å²) >= 11 is 0. The highest BCUT2D eigenvalue weighted by atomic mass is 16.5. The number of fused-ring (bicyclic) bond motifs is 1. The van der Waals surface area contributed by atoms with Gasteiger partial charge in [0.25, 0.3) is 0 Å². The lowest BCUT2D eigenvalue weighted by Gasteiger charge is -2.07. The van der Waals surface area contributed by atoms with E-state index in [0.717, 1.165) is 16.3 Å². The zero-order valence-electron chi connectivity index (χ0n) is 10.7. The first-order chi connectivity index (χ1) is 9.22. The van der Waals surface area contributed by atoms with Crippen molar-refractivity contribution in [2.75, 3.05) is 6.61 Å². The number of hydrogen-bond donors (Lipinski definition) is 1. The van der Waals surface area contributed by atoms with Gasteiger partial charge in [-0.1, -0.05) is 42.5 Å². The zero-order valence-corrected chi connectivity index (χ0v) is 10.7. The third-order valence-electron chi connectivity index (χ3n) is 2.78. The van der Waals surface area contributed by atoms with Crippen molar-refractivity contribution in [2.45, 2.75) is 13.5 Å². The minimum atomic E-state index is -0.845. The Bertz CT molecular complexity index is 602. The van der Waals surface area contributed by atoms with E-state index in [-0.39, 0.29) is 6.61 Å². The van der Waals surface area contributed by atoms with Gasteiger partial charge in [0.05, 0.1) is 6.61 Å². The maximum Gasteiger partial charge on any atom is 0.396 e. The molecule has 0 heterocycles. The van der Waals surface area contributed by atoms with Crippen molar-refractivity contribution in [1.29, 1.82) is 0 Å². The van der Waals surface area contributed by atoms with E-state index in [1.165, 1.54) is 0 Å². The fraction of sp³-hybridized carbons (Fsp3) is 0.200. The quantitative estimate of drug-likeness (QED) is 0.676. The van der Waals surface area contributed by atoms with E-state index >= 15 is 0 Å². The molecule has 19 heavy (non-hydrogen) atoms.